The van der Waals surface area contributed by atoms with Gasteiger partial charge in [0.15, 0.2) is 0 Å². The summed E-state index contributed by atoms with van der Waals surface area (Å²) in [7, 11) is 0. The molecule has 2 aromatic rings. The second-order valence-electron chi connectivity index (χ2n) is 7.10. The molecule has 24 heavy (non-hydrogen) atoms. The van der Waals surface area contributed by atoms with Crippen LogP contribution < -0.4 is 3.58 Å². The minimum absolute atomic E-state index is 1.19. The van der Waals surface area contributed by atoms with Gasteiger partial charge < -0.3 is 0 Å². The van der Waals surface area contributed by atoms with Crippen LogP contribution in [0.25, 0.3) is 5.69 Å². The van der Waals surface area contributed by atoms with Crippen molar-refractivity contribution < 1.29 is 0 Å². The molecule has 1 heterocycles. The van der Waals surface area contributed by atoms with Crippen molar-refractivity contribution in [2.45, 2.75) is 72.6 Å². The van der Waals surface area contributed by atoms with E-state index in [4.69, 9.17) is 5.10 Å². The molecule has 0 fully saturated rings. The molecule has 0 bridgehead atoms. The van der Waals surface area contributed by atoms with Crippen LogP contribution in [-0.2, 0) is 0 Å². The second-order valence-corrected chi connectivity index (χ2v) is 20.3. The summed E-state index contributed by atoms with van der Waals surface area (Å²) in [5.41, 5.74) is 1.19. The Labute approximate surface area is 152 Å². The van der Waals surface area contributed by atoms with Gasteiger partial charge in [-0.3, -0.25) is 0 Å². The van der Waals surface area contributed by atoms with Crippen LogP contribution in [0.2, 0.25) is 13.3 Å². The molecule has 0 aliphatic carbocycles. The van der Waals surface area contributed by atoms with Crippen molar-refractivity contribution in [1.29, 1.82) is 0 Å². The Kier molecular flexibility index (Phi) is 8.37. The molecule has 132 valence electrons. The quantitative estimate of drug-likeness (QED) is 0.402. The Bertz CT molecular complexity index is 555. The minimum atomic E-state index is -2.32. The van der Waals surface area contributed by atoms with Crippen molar-refractivity contribution in [1.82, 2.24) is 9.78 Å². The van der Waals surface area contributed by atoms with Crippen molar-refractivity contribution in [3.63, 3.8) is 0 Å². The standard InChI is InChI=1S/C9H7N2.3C4H9.Sn/c1-2-5-9(6-3-1)11-8-4-7-10-11;3*1-3-4-2;/h1-3,5-8H;3*1,3-4H2,2H3;. The van der Waals surface area contributed by atoms with E-state index in [0.717, 1.165) is 0 Å². The van der Waals surface area contributed by atoms with Crippen molar-refractivity contribution in [2.24, 2.45) is 0 Å². The second kappa shape index (κ2) is 10.3. The summed E-state index contributed by atoms with van der Waals surface area (Å²) in [6.07, 6.45) is 12.8. The summed E-state index contributed by atoms with van der Waals surface area (Å²) >= 11 is -2.32. The zero-order valence-electron chi connectivity index (χ0n) is 15.8. The molecular formula is C21H34N2Sn. The summed E-state index contributed by atoms with van der Waals surface area (Å²) in [5.74, 6) is 0. The Morgan fingerprint density at radius 3 is 1.88 bits per heavy atom. The SMILES string of the molecule is CCC[CH2][Sn]([CH2]CCC)([CH2]CCC)[c]1cnn(-c2ccccc2)c1. The van der Waals surface area contributed by atoms with Crippen molar-refractivity contribution in [2.75, 3.05) is 0 Å². The zero-order chi connectivity index (χ0) is 17.3. The molecule has 0 saturated heterocycles. The topological polar surface area (TPSA) is 17.8 Å². The third-order valence-corrected chi connectivity index (χ3v) is 20.7. The monoisotopic (exact) mass is 434 g/mol. The number of hydrogen-bond acceptors (Lipinski definition) is 1. The summed E-state index contributed by atoms with van der Waals surface area (Å²) in [4.78, 5) is 0. The van der Waals surface area contributed by atoms with Crippen molar-refractivity contribution in [3.05, 3.63) is 42.7 Å². The van der Waals surface area contributed by atoms with Crippen LogP contribution in [0.4, 0.5) is 0 Å². The van der Waals surface area contributed by atoms with Crippen LogP contribution in [0, 0.1) is 0 Å². The molecule has 0 N–H and O–H groups in total. The van der Waals surface area contributed by atoms with Gasteiger partial charge in [0.2, 0.25) is 0 Å². The van der Waals surface area contributed by atoms with Gasteiger partial charge in [-0.2, -0.15) is 0 Å². The van der Waals surface area contributed by atoms with Gasteiger partial charge in [0, 0.05) is 0 Å². The van der Waals surface area contributed by atoms with Crippen molar-refractivity contribution in [3.8, 4) is 5.69 Å². The van der Waals surface area contributed by atoms with E-state index >= 15 is 0 Å². The normalized spacial score (nSPS) is 11.8. The molecule has 0 aliphatic rings. The molecule has 3 heteroatoms. The summed E-state index contributed by atoms with van der Waals surface area (Å²) in [6, 6.07) is 10.6. The molecule has 1 aromatic carbocycles. The summed E-state index contributed by atoms with van der Waals surface area (Å²) in [6.45, 7) is 7.01. The molecule has 0 atom stereocenters. The van der Waals surface area contributed by atoms with Crippen LogP contribution in [0.3, 0.4) is 0 Å². The van der Waals surface area contributed by atoms with E-state index in [1.165, 1.54) is 57.5 Å². The maximum absolute atomic E-state index is 4.75. The average Bonchev–Trinajstić information content (AvgIpc) is 3.13. The molecule has 0 amide bonds. The molecule has 1 aromatic heterocycles. The van der Waals surface area contributed by atoms with Crippen molar-refractivity contribution >= 4 is 22.0 Å². The molecule has 0 aliphatic heterocycles. The third kappa shape index (κ3) is 5.11. The van der Waals surface area contributed by atoms with Gasteiger partial charge in [-0.1, -0.05) is 0 Å². The average molecular weight is 433 g/mol. The number of benzene rings is 1. The fourth-order valence-electron chi connectivity index (χ4n) is 3.67. The van der Waals surface area contributed by atoms with Gasteiger partial charge in [-0.15, -0.1) is 0 Å². The molecule has 2 rings (SSSR count). The van der Waals surface area contributed by atoms with Crippen LogP contribution >= 0.6 is 0 Å². The van der Waals surface area contributed by atoms with E-state index in [1.807, 2.05) is 0 Å². The fraction of sp³-hybridized carbons (Fsp3) is 0.571. The predicted octanol–water partition coefficient (Wildman–Crippen LogP) is 5.93. The van der Waals surface area contributed by atoms with Crippen LogP contribution in [0.5, 0.6) is 0 Å². The first-order valence-corrected chi connectivity index (χ1v) is 17.3. The molecule has 0 radical (unpaired) electrons. The Morgan fingerprint density at radius 2 is 1.38 bits per heavy atom. The third-order valence-electron chi connectivity index (χ3n) is 5.24. The number of aromatic nitrogens is 2. The zero-order valence-corrected chi connectivity index (χ0v) is 18.7. The Balaban J connectivity index is 2.31. The van der Waals surface area contributed by atoms with E-state index in [2.05, 4.69) is 68.2 Å². The van der Waals surface area contributed by atoms with Gasteiger partial charge in [0.05, 0.1) is 0 Å². The number of rotatable bonds is 11. The summed E-state index contributed by atoms with van der Waals surface area (Å²) < 4.78 is 8.27. The first-order valence-electron chi connectivity index (χ1n) is 9.86. The van der Waals surface area contributed by atoms with Gasteiger partial charge in [0.1, 0.15) is 0 Å². The maximum atomic E-state index is 4.75. The number of hydrogen-bond donors (Lipinski definition) is 0. The van der Waals surface area contributed by atoms with Gasteiger partial charge in [-0.25, -0.2) is 0 Å². The van der Waals surface area contributed by atoms with E-state index < -0.39 is 18.4 Å². The molecule has 0 spiro atoms. The van der Waals surface area contributed by atoms with Crippen LogP contribution in [0.15, 0.2) is 42.7 Å². The van der Waals surface area contributed by atoms with E-state index in [9.17, 15) is 0 Å². The summed E-state index contributed by atoms with van der Waals surface area (Å²) in [5, 5.41) is 4.75. The Morgan fingerprint density at radius 1 is 0.833 bits per heavy atom. The molecule has 0 unspecified atom stereocenters. The van der Waals surface area contributed by atoms with E-state index in [0.29, 0.717) is 0 Å². The fourth-order valence-corrected chi connectivity index (χ4v) is 19.2. The first-order chi connectivity index (χ1) is 11.8. The molecule has 2 nitrogen and oxygen atoms in total. The van der Waals surface area contributed by atoms with Gasteiger partial charge in [-0.05, 0) is 0 Å². The van der Waals surface area contributed by atoms with Crippen LogP contribution in [-0.4, -0.2) is 28.2 Å². The first kappa shape index (κ1) is 19.6. The molecule has 0 saturated carbocycles. The van der Waals surface area contributed by atoms with Crippen LogP contribution in [0.1, 0.15) is 59.3 Å². The number of unbranched alkanes of at least 4 members (excludes halogenated alkanes) is 3. The van der Waals surface area contributed by atoms with Gasteiger partial charge in [0.25, 0.3) is 0 Å². The Hall–Kier alpha value is -0.771. The number of nitrogens with zero attached hydrogens (tertiary/aromatic N) is 2. The van der Waals surface area contributed by atoms with E-state index in [1.54, 1.807) is 3.58 Å². The molecular weight excluding hydrogens is 399 g/mol. The predicted molar refractivity (Wildman–Crippen MR) is 108 cm³/mol. The van der Waals surface area contributed by atoms with Gasteiger partial charge >= 0.3 is 153 Å². The number of para-hydroxylation sites is 1. The van der Waals surface area contributed by atoms with E-state index in [-0.39, 0.29) is 0 Å².